The Morgan fingerprint density at radius 3 is 2.88 bits per heavy atom. The first-order chi connectivity index (χ1) is 8.33. The minimum Gasteiger partial charge on any atom is -0.480 e. The van der Waals surface area contributed by atoms with E-state index in [9.17, 15) is 0 Å². The van der Waals surface area contributed by atoms with Gasteiger partial charge in [0, 0.05) is 19.1 Å². The molecular weight excluding hydrogens is 224 g/mol. The van der Waals surface area contributed by atoms with E-state index in [-0.39, 0.29) is 6.61 Å². The van der Waals surface area contributed by atoms with Crippen molar-refractivity contribution in [1.82, 2.24) is 20.3 Å². The van der Waals surface area contributed by atoms with Crippen molar-refractivity contribution in [2.75, 3.05) is 13.7 Å². The predicted octanol–water partition coefficient (Wildman–Crippen LogP) is 0.460. The van der Waals surface area contributed by atoms with Crippen LogP contribution in [0.4, 0.5) is 0 Å². The van der Waals surface area contributed by atoms with Crippen LogP contribution in [0.3, 0.4) is 0 Å². The van der Waals surface area contributed by atoms with Crippen molar-refractivity contribution in [2.45, 2.75) is 12.8 Å². The normalized spacial score (nSPS) is 10.5. The molecule has 2 aromatic heterocycles. The van der Waals surface area contributed by atoms with Crippen LogP contribution in [0.5, 0.6) is 5.88 Å². The van der Waals surface area contributed by atoms with Gasteiger partial charge in [-0.1, -0.05) is 5.16 Å². The monoisotopic (exact) mass is 236 g/mol. The molecule has 90 valence electrons. The maximum atomic E-state index is 8.68. The van der Waals surface area contributed by atoms with Gasteiger partial charge in [-0.2, -0.15) is 4.98 Å². The standard InChI is InChI=1S/C10H12N4O3/c1-16-9-5-4-7(12-13-9)10-11-8(17-14-10)3-2-6-15/h4-5,15H,2-3,6H2,1H3. The number of hydrogen-bond donors (Lipinski definition) is 1. The summed E-state index contributed by atoms with van der Waals surface area (Å²) in [7, 11) is 1.52. The van der Waals surface area contributed by atoms with Crippen LogP contribution in [-0.4, -0.2) is 39.2 Å². The molecule has 0 aliphatic rings. The number of hydrogen-bond acceptors (Lipinski definition) is 7. The van der Waals surface area contributed by atoms with E-state index in [1.54, 1.807) is 12.1 Å². The first-order valence-corrected chi connectivity index (χ1v) is 5.15. The lowest BCUT2D eigenvalue weighted by atomic mass is 10.3. The lowest BCUT2D eigenvalue weighted by Crippen LogP contribution is -1.93. The van der Waals surface area contributed by atoms with Crippen LogP contribution in [0, 0.1) is 0 Å². The minimum atomic E-state index is 0.0973. The second-order valence-electron chi connectivity index (χ2n) is 3.30. The number of methoxy groups -OCH3 is 1. The van der Waals surface area contributed by atoms with Gasteiger partial charge >= 0.3 is 0 Å². The van der Waals surface area contributed by atoms with Crippen LogP contribution >= 0.6 is 0 Å². The third-order valence-electron chi connectivity index (χ3n) is 2.10. The zero-order valence-electron chi connectivity index (χ0n) is 9.33. The Labute approximate surface area is 97.4 Å². The topological polar surface area (TPSA) is 94.2 Å². The van der Waals surface area contributed by atoms with Crippen molar-refractivity contribution in [2.24, 2.45) is 0 Å². The highest BCUT2D eigenvalue weighted by Crippen LogP contribution is 2.14. The second-order valence-corrected chi connectivity index (χ2v) is 3.30. The molecule has 7 nitrogen and oxygen atoms in total. The summed E-state index contributed by atoms with van der Waals surface area (Å²) in [5.74, 6) is 1.29. The van der Waals surface area contributed by atoms with Crippen molar-refractivity contribution < 1.29 is 14.4 Å². The molecule has 0 fully saturated rings. The molecule has 0 aliphatic carbocycles. The Morgan fingerprint density at radius 2 is 2.24 bits per heavy atom. The van der Waals surface area contributed by atoms with Crippen molar-refractivity contribution in [3.05, 3.63) is 18.0 Å². The molecule has 0 bridgehead atoms. The van der Waals surface area contributed by atoms with E-state index in [0.717, 1.165) is 0 Å². The number of rotatable bonds is 5. The van der Waals surface area contributed by atoms with E-state index in [2.05, 4.69) is 20.3 Å². The van der Waals surface area contributed by atoms with Crippen LogP contribution in [0.2, 0.25) is 0 Å². The molecule has 0 spiro atoms. The van der Waals surface area contributed by atoms with Crippen LogP contribution in [0.25, 0.3) is 11.5 Å². The summed E-state index contributed by atoms with van der Waals surface area (Å²) < 4.78 is 9.90. The molecule has 2 heterocycles. The van der Waals surface area contributed by atoms with E-state index >= 15 is 0 Å². The molecule has 1 N–H and O–H groups in total. The summed E-state index contributed by atoms with van der Waals surface area (Å²) in [6.07, 6.45) is 1.14. The number of aliphatic hydroxyl groups excluding tert-OH is 1. The quantitative estimate of drug-likeness (QED) is 0.805. The average molecular weight is 236 g/mol. The molecule has 0 radical (unpaired) electrons. The van der Waals surface area contributed by atoms with Gasteiger partial charge in [0.05, 0.1) is 7.11 Å². The summed E-state index contributed by atoms with van der Waals surface area (Å²) >= 11 is 0. The van der Waals surface area contributed by atoms with E-state index in [1.165, 1.54) is 7.11 Å². The predicted molar refractivity (Wildman–Crippen MR) is 57.3 cm³/mol. The van der Waals surface area contributed by atoms with Gasteiger partial charge in [-0.15, -0.1) is 10.2 Å². The number of nitrogens with zero attached hydrogens (tertiary/aromatic N) is 4. The Bertz CT molecular complexity index is 469. The summed E-state index contributed by atoms with van der Waals surface area (Å²) in [4.78, 5) is 4.14. The number of aromatic nitrogens is 4. The fourth-order valence-corrected chi connectivity index (χ4v) is 1.24. The Kier molecular flexibility index (Phi) is 3.61. The lowest BCUT2D eigenvalue weighted by Gasteiger charge is -1.96. The first-order valence-electron chi connectivity index (χ1n) is 5.15. The van der Waals surface area contributed by atoms with Gasteiger partial charge in [-0.05, 0) is 12.5 Å². The summed E-state index contributed by atoms with van der Waals surface area (Å²) in [5.41, 5.74) is 0.518. The number of aryl methyl sites for hydroxylation is 1. The molecule has 0 amide bonds. The number of aliphatic hydroxyl groups is 1. The zero-order valence-corrected chi connectivity index (χ0v) is 9.33. The summed E-state index contributed by atoms with van der Waals surface area (Å²) in [5, 5.41) is 20.2. The maximum Gasteiger partial charge on any atom is 0.233 e. The van der Waals surface area contributed by atoms with Crippen molar-refractivity contribution in [3.63, 3.8) is 0 Å². The van der Waals surface area contributed by atoms with Crippen molar-refractivity contribution in [1.29, 1.82) is 0 Å². The number of ether oxygens (including phenoxy) is 1. The molecule has 7 heteroatoms. The highest BCUT2D eigenvalue weighted by molar-refractivity contribution is 5.47. The lowest BCUT2D eigenvalue weighted by molar-refractivity contribution is 0.278. The van der Waals surface area contributed by atoms with Gasteiger partial charge < -0.3 is 14.4 Å². The zero-order chi connectivity index (χ0) is 12.1. The summed E-state index contributed by atoms with van der Waals surface area (Å²) in [6.45, 7) is 0.0973. The SMILES string of the molecule is COc1ccc(-c2noc(CCCO)n2)nn1. The highest BCUT2D eigenvalue weighted by atomic mass is 16.5. The van der Waals surface area contributed by atoms with Crippen LogP contribution < -0.4 is 4.74 Å². The Balaban J connectivity index is 2.12. The Hall–Kier alpha value is -2.02. The van der Waals surface area contributed by atoms with Gasteiger partial charge in [-0.3, -0.25) is 0 Å². The van der Waals surface area contributed by atoms with Gasteiger partial charge in [0.25, 0.3) is 0 Å². The molecule has 0 unspecified atom stereocenters. The molecule has 0 atom stereocenters. The smallest absolute Gasteiger partial charge is 0.233 e. The van der Waals surface area contributed by atoms with E-state index in [4.69, 9.17) is 14.4 Å². The van der Waals surface area contributed by atoms with Gasteiger partial charge in [-0.25, -0.2) is 0 Å². The third-order valence-corrected chi connectivity index (χ3v) is 2.10. The molecule has 17 heavy (non-hydrogen) atoms. The van der Waals surface area contributed by atoms with Crippen LogP contribution in [-0.2, 0) is 6.42 Å². The molecule has 0 aromatic carbocycles. The molecule has 2 aromatic rings. The van der Waals surface area contributed by atoms with Gasteiger partial charge in [0.2, 0.25) is 17.6 Å². The van der Waals surface area contributed by atoms with Gasteiger partial charge in [0.15, 0.2) is 0 Å². The van der Waals surface area contributed by atoms with E-state index in [1.807, 2.05) is 0 Å². The van der Waals surface area contributed by atoms with E-state index < -0.39 is 0 Å². The van der Waals surface area contributed by atoms with Crippen molar-refractivity contribution >= 4 is 0 Å². The van der Waals surface area contributed by atoms with Gasteiger partial charge in [0.1, 0.15) is 5.69 Å². The minimum absolute atomic E-state index is 0.0973. The first kappa shape index (κ1) is 11.5. The molecule has 0 aliphatic heterocycles. The molecule has 0 saturated heterocycles. The highest BCUT2D eigenvalue weighted by Gasteiger charge is 2.10. The fourth-order valence-electron chi connectivity index (χ4n) is 1.24. The second kappa shape index (κ2) is 5.35. The van der Waals surface area contributed by atoms with Crippen LogP contribution in [0.1, 0.15) is 12.3 Å². The maximum absolute atomic E-state index is 8.68. The Morgan fingerprint density at radius 1 is 1.35 bits per heavy atom. The molecular formula is C10H12N4O3. The average Bonchev–Trinajstić information content (AvgIpc) is 2.85. The largest absolute Gasteiger partial charge is 0.480 e. The van der Waals surface area contributed by atoms with Crippen LogP contribution in [0.15, 0.2) is 16.7 Å². The molecule has 2 rings (SSSR count). The summed E-state index contributed by atoms with van der Waals surface area (Å²) in [6, 6.07) is 3.37. The fraction of sp³-hybridized carbons (Fsp3) is 0.400. The van der Waals surface area contributed by atoms with Crippen molar-refractivity contribution in [3.8, 4) is 17.4 Å². The van der Waals surface area contributed by atoms with E-state index in [0.29, 0.717) is 36.1 Å². The molecule has 0 saturated carbocycles. The third kappa shape index (κ3) is 2.76.